The Hall–Kier alpha value is -1.88. The predicted octanol–water partition coefficient (Wildman–Crippen LogP) is 2.14. The van der Waals surface area contributed by atoms with Crippen LogP contribution in [0.5, 0.6) is 0 Å². The Morgan fingerprint density at radius 1 is 1.39 bits per heavy atom. The summed E-state index contributed by atoms with van der Waals surface area (Å²) in [5.74, 6) is 0.585. The number of thiophene rings is 1. The number of hydrogen-bond acceptors (Lipinski definition) is 4. The van der Waals surface area contributed by atoms with E-state index in [-0.39, 0.29) is 5.91 Å². The maximum absolute atomic E-state index is 12.1. The first-order chi connectivity index (χ1) is 8.68. The third kappa shape index (κ3) is 2.87. The quantitative estimate of drug-likeness (QED) is 0.917. The van der Waals surface area contributed by atoms with Crippen LogP contribution < -0.4 is 10.2 Å². The van der Waals surface area contributed by atoms with Crippen molar-refractivity contribution in [3.05, 3.63) is 46.3 Å². The fourth-order valence-electron chi connectivity index (χ4n) is 1.61. The molecule has 2 rings (SSSR count). The van der Waals surface area contributed by atoms with E-state index >= 15 is 0 Å². The fourth-order valence-corrected chi connectivity index (χ4v) is 2.25. The Morgan fingerprint density at radius 2 is 2.22 bits per heavy atom. The van der Waals surface area contributed by atoms with E-state index < -0.39 is 0 Å². The molecular weight excluding hydrogens is 246 g/mol. The Labute approximate surface area is 110 Å². The number of amides is 1. The van der Waals surface area contributed by atoms with Crippen LogP contribution in [-0.2, 0) is 6.54 Å². The van der Waals surface area contributed by atoms with Gasteiger partial charge in [-0.25, -0.2) is 4.98 Å². The van der Waals surface area contributed by atoms with E-state index in [1.54, 1.807) is 29.7 Å². The molecule has 18 heavy (non-hydrogen) atoms. The molecule has 1 amide bonds. The van der Waals surface area contributed by atoms with E-state index in [1.807, 2.05) is 36.5 Å². The molecule has 0 atom stereocenters. The van der Waals surface area contributed by atoms with Gasteiger partial charge in [0.2, 0.25) is 0 Å². The van der Waals surface area contributed by atoms with Gasteiger partial charge in [0.05, 0.1) is 12.1 Å². The number of anilines is 1. The van der Waals surface area contributed by atoms with Gasteiger partial charge in [-0.05, 0) is 23.6 Å². The van der Waals surface area contributed by atoms with Crippen molar-refractivity contribution < 1.29 is 4.79 Å². The van der Waals surface area contributed by atoms with Gasteiger partial charge >= 0.3 is 0 Å². The lowest BCUT2D eigenvalue weighted by atomic mass is 10.2. The molecule has 0 saturated carbocycles. The number of rotatable bonds is 4. The van der Waals surface area contributed by atoms with E-state index in [4.69, 9.17) is 0 Å². The fraction of sp³-hybridized carbons (Fsp3) is 0.231. The predicted molar refractivity (Wildman–Crippen MR) is 74.1 cm³/mol. The molecule has 4 nitrogen and oxygen atoms in total. The SMILES string of the molecule is CN(C)c1ncccc1C(=O)NCc1cccs1. The Bertz CT molecular complexity index is 523. The molecule has 1 N–H and O–H groups in total. The summed E-state index contributed by atoms with van der Waals surface area (Å²) in [5, 5.41) is 4.90. The molecule has 2 heterocycles. The Balaban J connectivity index is 2.09. The van der Waals surface area contributed by atoms with Gasteiger partial charge in [0, 0.05) is 25.2 Å². The lowest BCUT2D eigenvalue weighted by molar-refractivity contribution is 0.0951. The van der Waals surface area contributed by atoms with Gasteiger partial charge in [0.1, 0.15) is 5.82 Å². The topological polar surface area (TPSA) is 45.2 Å². The molecule has 0 radical (unpaired) electrons. The zero-order chi connectivity index (χ0) is 13.0. The maximum Gasteiger partial charge on any atom is 0.255 e. The molecule has 0 aliphatic rings. The second-order valence-corrected chi connectivity index (χ2v) is 5.06. The summed E-state index contributed by atoms with van der Waals surface area (Å²) < 4.78 is 0. The summed E-state index contributed by atoms with van der Waals surface area (Å²) in [6, 6.07) is 7.53. The summed E-state index contributed by atoms with van der Waals surface area (Å²) in [5.41, 5.74) is 0.596. The van der Waals surface area contributed by atoms with Crippen LogP contribution in [0.4, 0.5) is 5.82 Å². The van der Waals surface area contributed by atoms with Gasteiger partial charge in [-0.2, -0.15) is 0 Å². The molecule has 0 aliphatic carbocycles. The first-order valence-electron chi connectivity index (χ1n) is 5.61. The standard InChI is InChI=1S/C13H15N3OS/c1-16(2)12-11(6-3-7-14-12)13(17)15-9-10-5-4-8-18-10/h3-8H,9H2,1-2H3,(H,15,17). The average molecular weight is 261 g/mol. The first kappa shape index (κ1) is 12.6. The highest BCUT2D eigenvalue weighted by Gasteiger charge is 2.13. The molecule has 0 unspecified atom stereocenters. The van der Waals surface area contributed by atoms with Crippen LogP contribution in [0.2, 0.25) is 0 Å². The molecule has 94 valence electrons. The van der Waals surface area contributed by atoms with Crippen LogP contribution in [0, 0.1) is 0 Å². The number of carbonyl (C=O) groups is 1. The summed E-state index contributed by atoms with van der Waals surface area (Å²) in [4.78, 5) is 19.3. The second-order valence-electron chi connectivity index (χ2n) is 4.03. The molecular formula is C13H15N3OS. The first-order valence-corrected chi connectivity index (χ1v) is 6.49. The number of aromatic nitrogens is 1. The molecule has 5 heteroatoms. The molecule has 0 aromatic carbocycles. The van der Waals surface area contributed by atoms with Crippen LogP contribution >= 0.6 is 11.3 Å². The van der Waals surface area contributed by atoms with Crippen LogP contribution in [0.3, 0.4) is 0 Å². The number of nitrogens with one attached hydrogen (secondary N) is 1. The lowest BCUT2D eigenvalue weighted by Crippen LogP contribution is -2.25. The zero-order valence-corrected chi connectivity index (χ0v) is 11.2. The van der Waals surface area contributed by atoms with Crippen molar-refractivity contribution >= 4 is 23.1 Å². The highest BCUT2D eigenvalue weighted by Crippen LogP contribution is 2.14. The third-order valence-corrected chi connectivity index (χ3v) is 3.33. The molecule has 0 fully saturated rings. The molecule has 0 saturated heterocycles. The van der Waals surface area contributed by atoms with Gasteiger partial charge in [0.25, 0.3) is 5.91 Å². The molecule has 2 aromatic heterocycles. The second kappa shape index (κ2) is 5.64. The highest BCUT2D eigenvalue weighted by atomic mass is 32.1. The minimum Gasteiger partial charge on any atom is -0.362 e. The minimum atomic E-state index is -0.0970. The van der Waals surface area contributed by atoms with E-state index in [1.165, 1.54) is 0 Å². The van der Waals surface area contributed by atoms with Crippen LogP contribution in [0.25, 0.3) is 0 Å². The van der Waals surface area contributed by atoms with Crippen LogP contribution in [-0.4, -0.2) is 25.0 Å². The molecule has 0 aliphatic heterocycles. The van der Waals surface area contributed by atoms with Crippen molar-refractivity contribution in [2.45, 2.75) is 6.54 Å². The van der Waals surface area contributed by atoms with Crippen molar-refractivity contribution in [3.8, 4) is 0 Å². The summed E-state index contributed by atoms with van der Waals surface area (Å²) in [6.45, 7) is 0.554. The van der Waals surface area contributed by atoms with E-state index in [0.29, 0.717) is 17.9 Å². The largest absolute Gasteiger partial charge is 0.362 e. The summed E-state index contributed by atoms with van der Waals surface area (Å²) >= 11 is 1.63. The van der Waals surface area contributed by atoms with Crippen molar-refractivity contribution in [1.82, 2.24) is 10.3 Å². The van der Waals surface area contributed by atoms with Crippen molar-refractivity contribution in [3.63, 3.8) is 0 Å². The van der Waals surface area contributed by atoms with Gasteiger partial charge in [0.15, 0.2) is 0 Å². The highest BCUT2D eigenvalue weighted by molar-refractivity contribution is 7.09. The van der Waals surface area contributed by atoms with Gasteiger partial charge in [-0.1, -0.05) is 6.07 Å². The van der Waals surface area contributed by atoms with Crippen molar-refractivity contribution in [2.24, 2.45) is 0 Å². The number of carbonyl (C=O) groups excluding carboxylic acids is 1. The smallest absolute Gasteiger partial charge is 0.255 e. The van der Waals surface area contributed by atoms with Crippen LogP contribution in [0.15, 0.2) is 35.8 Å². The molecule has 0 bridgehead atoms. The lowest BCUT2D eigenvalue weighted by Gasteiger charge is -2.15. The average Bonchev–Trinajstić information content (AvgIpc) is 2.89. The van der Waals surface area contributed by atoms with E-state index in [2.05, 4.69) is 10.3 Å². The van der Waals surface area contributed by atoms with Gasteiger partial charge in [-0.3, -0.25) is 4.79 Å². The summed E-state index contributed by atoms with van der Waals surface area (Å²) in [7, 11) is 3.75. The van der Waals surface area contributed by atoms with Crippen molar-refractivity contribution in [2.75, 3.05) is 19.0 Å². The van der Waals surface area contributed by atoms with Gasteiger partial charge in [-0.15, -0.1) is 11.3 Å². The maximum atomic E-state index is 12.1. The normalized spacial score (nSPS) is 10.1. The summed E-state index contributed by atoms with van der Waals surface area (Å²) in [6.07, 6.45) is 1.69. The number of hydrogen-bond donors (Lipinski definition) is 1. The van der Waals surface area contributed by atoms with Crippen molar-refractivity contribution in [1.29, 1.82) is 0 Å². The van der Waals surface area contributed by atoms with Gasteiger partial charge < -0.3 is 10.2 Å². The monoisotopic (exact) mass is 261 g/mol. The van der Waals surface area contributed by atoms with E-state index in [9.17, 15) is 4.79 Å². The van der Waals surface area contributed by atoms with E-state index in [0.717, 1.165) is 4.88 Å². The minimum absolute atomic E-state index is 0.0970. The van der Waals surface area contributed by atoms with Crippen LogP contribution in [0.1, 0.15) is 15.2 Å². The third-order valence-electron chi connectivity index (χ3n) is 2.46. The molecule has 0 spiro atoms. The number of nitrogens with zero attached hydrogens (tertiary/aromatic N) is 2. The Morgan fingerprint density at radius 3 is 2.89 bits per heavy atom. The zero-order valence-electron chi connectivity index (χ0n) is 10.4. The number of pyridine rings is 1. The molecule has 2 aromatic rings. The Kier molecular flexibility index (Phi) is 3.94.